The summed E-state index contributed by atoms with van der Waals surface area (Å²) in [5.41, 5.74) is 2.51. The van der Waals surface area contributed by atoms with Crippen LogP contribution < -0.4 is 4.74 Å². The van der Waals surface area contributed by atoms with Gasteiger partial charge >= 0.3 is 7.12 Å². The SMILES string of the molecule is C=C(C1=CCC(c2cc(I)c(O)c(OC)c2)OB1O)C(C)C. The molecule has 22 heavy (non-hydrogen) atoms. The molecule has 1 heterocycles. The normalized spacial score (nSPS) is 18.4. The fraction of sp³-hybridized carbons (Fsp3) is 0.375. The lowest BCUT2D eigenvalue weighted by molar-refractivity contribution is 0.167. The number of hydrogen-bond acceptors (Lipinski definition) is 4. The maximum absolute atomic E-state index is 10.2. The second-order valence-corrected chi connectivity index (χ2v) is 6.77. The van der Waals surface area contributed by atoms with Crippen LogP contribution >= 0.6 is 22.6 Å². The Morgan fingerprint density at radius 1 is 1.50 bits per heavy atom. The number of methoxy groups -OCH3 is 1. The second-order valence-electron chi connectivity index (χ2n) is 5.61. The van der Waals surface area contributed by atoms with Gasteiger partial charge < -0.3 is 19.5 Å². The minimum absolute atomic E-state index is 0.118. The maximum Gasteiger partial charge on any atom is 0.491 e. The largest absolute Gasteiger partial charge is 0.504 e. The van der Waals surface area contributed by atoms with E-state index in [-0.39, 0.29) is 17.8 Å². The van der Waals surface area contributed by atoms with Crippen LogP contribution in [0, 0.1) is 9.49 Å². The number of rotatable bonds is 4. The monoisotopic (exact) mass is 414 g/mol. The van der Waals surface area contributed by atoms with Gasteiger partial charge in [-0.2, -0.15) is 0 Å². The number of halogens is 1. The number of hydrogen-bond donors (Lipinski definition) is 2. The van der Waals surface area contributed by atoms with E-state index in [1.54, 1.807) is 6.07 Å². The summed E-state index contributed by atoms with van der Waals surface area (Å²) >= 11 is 2.05. The van der Waals surface area contributed by atoms with Crippen molar-refractivity contribution >= 4 is 29.7 Å². The quantitative estimate of drug-likeness (QED) is 0.584. The molecule has 0 spiro atoms. The summed E-state index contributed by atoms with van der Waals surface area (Å²) in [5, 5.41) is 20.1. The van der Waals surface area contributed by atoms with Crippen LogP contribution in [0.15, 0.2) is 35.8 Å². The Labute approximate surface area is 145 Å². The van der Waals surface area contributed by atoms with E-state index in [1.807, 2.05) is 48.6 Å². The topological polar surface area (TPSA) is 58.9 Å². The van der Waals surface area contributed by atoms with Crippen molar-refractivity contribution in [1.29, 1.82) is 0 Å². The Morgan fingerprint density at radius 2 is 2.18 bits per heavy atom. The Kier molecular flexibility index (Phi) is 5.57. The van der Waals surface area contributed by atoms with Crippen LogP contribution in [0.1, 0.15) is 31.9 Å². The van der Waals surface area contributed by atoms with E-state index in [9.17, 15) is 10.1 Å². The predicted molar refractivity (Wildman–Crippen MR) is 95.9 cm³/mol. The molecule has 2 rings (SSSR count). The third kappa shape index (κ3) is 3.50. The summed E-state index contributed by atoms with van der Waals surface area (Å²) in [4.78, 5) is 0. The molecule has 0 fully saturated rings. The molecule has 118 valence electrons. The summed E-state index contributed by atoms with van der Waals surface area (Å²) in [6.45, 7) is 8.09. The zero-order chi connectivity index (χ0) is 16.4. The molecule has 1 aromatic carbocycles. The van der Waals surface area contributed by atoms with E-state index in [1.165, 1.54) is 7.11 Å². The molecule has 6 heteroatoms. The number of phenolic OH excluding ortho intramolecular Hbond substituents is 1. The molecule has 0 amide bonds. The van der Waals surface area contributed by atoms with Crippen molar-refractivity contribution in [2.24, 2.45) is 5.92 Å². The highest BCUT2D eigenvalue weighted by molar-refractivity contribution is 14.1. The fourth-order valence-electron chi connectivity index (χ4n) is 2.39. The summed E-state index contributed by atoms with van der Waals surface area (Å²) in [7, 11) is 0.530. The molecule has 1 unspecified atom stereocenters. The van der Waals surface area contributed by atoms with Gasteiger partial charge in [0.25, 0.3) is 0 Å². The van der Waals surface area contributed by atoms with Crippen molar-refractivity contribution in [3.63, 3.8) is 0 Å². The van der Waals surface area contributed by atoms with Crippen LogP contribution in [0.3, 0.4) is 0 Å². The van der Waals surface area contributed by atoms with E-state index in [2.05, 4.69) is 6.58 Å². The lowest BCUT2D eigenvalue weighted by atomic mass is 9.69. The fourth-order valence-corrected chi connectivity index (χ4v) is 3.02. The lowest BCUT2D eigenvalue weighted by Gasteiger charge is -2.28. The number of benzene rings is 1. The van der Waals surface area contributed by atoms with Crippen molar-refractivity contribution in [1.82, 2.24) is 0 Å². The smallest absolute Gasteiger partial charge is 0.491 e. The standard InChI is InChI=1S/C16H20BIO4/c1-9(2)10(3)12-5-6-14(22-17(12)20)11-7-13(18)16(19)15(8-11)21-4/h5,7-9,14,19-20H,3,6H2,1-2,4H3. The van der Waals surface area contributed by atoms with Gasteiger partial charge in [0, 0.05) is 0 Å². The third-order valence-corrected chi connectivity index (χ3v) is 4.64. The zero-order valence-electron chi connectivity index (χ0n) is 13.0. The van der Waals surface area contributed by atoms with Crippen molar-refractivity contribution in [3.05, 3.63) is 45.0 Å². The Bertz CT molecular complexity index is 612. The van der Waals surface area contributed by atoms with Gasteiger partial charge in [-0.1, -0.05) is 32.1 Å². The molecule has 4 nitrogen and oxygen atoms in total. The molecule has 1 atom stereocenters. The maximum atomic E-state index is 10.2. The van der Waals surface area contributed by atoms with Crippen molar-refractivity contribution in [2.45, 2.75) is 26.4 Å². The van der Waals surface area contributed by atoms with Crippen molar-refractivity contribution in [2.75, 3.05) is 7.11 Å². The van der Waals surface area contributed by atoms with Gasteiger partial charge in [-0.25, -0.2) is 0 Å². The van der Waals surface area contributed by atoms with E-state index in [4.69, 9.17) is 9.39 Å². The first kappa shape index (κ1) is 17.4. The minimum atomic E-state index is -0.980. The van der Waals surface area contributed by atoms with Crippen LogP contribution in [-0.2, 0) is 4.65 Å². The highest BCUT2D eigenvalue weighted by Crippen LogP contribution is 2.38. The molecular formula is C16H20BIO4. The van der Waals surface area contributed by atoms with Crippen LogP contribution in [0.4, 0.5) is 0 Å². The van der Waals surface area contributed by atoms with Crippen LogP contribution in [0.25, 0.3) is 0 Å². The first-order valence-corrected chi connectivity index (χ1v) is 8.22. The van der Waals surface area contributed by atoms with E-state index < -0.39 is 7.12 Å². The Morgan fingerprint density at radius 3 is 2.73 bits per heavy atom. The number of allylic oxidation sites excluding steroid dienone is 2. The van der Waals surface area contributed by atoms with Crippen LogP contribution in [0.5, 0.6) is 11.5 Å². The lowest BCUT2D eigenvalue weighted by Crippen LogP contribution is -2.29. The summed E-state index contributed by atoms with van der Waals surface area (Å²) in [5.74, 6) is 0.782. The van der Waals surface area contributed by atoms with Gasteiger partial charge in [0.2, 0.25) is 0 Å². The summed E-state index contributed by atoms with van der Waals surface area (Å²) in [6.07, 6.45) is 2.34. The van der Waals surface area contributed by atoms with Crippen molar-refractivity contribution in [3.8, 4) is 11.5 Å². The van der Waals surface area contributed by atoms with E-state index in [0.29, 0.717) is 15.7 Å². The van der Waals surface area contributed by atoms with Gasteiger partial charge in [-0.05, 0) is 58.1 Å². The van der Waals surface area contributed by atoms with Gasteiger partial charge in [0.15, 0.2) is 11.5 Å². The first-order valence-electron chi connectivity index (χ1n) is 7.14. The molecule has 1 aromatic rings. The highest BCUT2D eigenvalue weighted by Gasteiger charge is 2.31. The van der Waals surface area contributed by atoms with Gasteiger partial charge in [0.05, 0.1) is 16.8 Å². The first-order chi connectivity index (χ1) is 10.3. The number of aromatic hydroxyl groups is 1. The molecule has 0 radical (unpaired) electrons. The average molecular weight is 414 g/mol. The molecule has 1 aliphatic heterocycles. The average Bonchev–Trinajstić information content (AvgIpc) is 2.49. The molecule has 0 aromatic heterocycles. The van der Waals surface area contributed by atoms with Gasteiger partial charge in [0.1, 0.15) is 0 Å². The summed E-state index contributed by atoms with van der Waals surface area (Å²) in [6, 6.07) is 3.58. The molecule has 0 bridgehead atoms. The Balaban J connectivity index is 2.27. The van der Waals surface area contributed by atoms with Gasteiger partial charge in [-0.15, -0.1) is 0 Å². The third-order valence-electron chi connectivity index (χ3n) is 3.82. The minimum Gasteiger partial charge on any atom is -0.504 e. The van der Waals surface area contributed by atoms with E-state index >= 15 is 0 Å². The molecular weight excluding hydrogens is 394 g/mol. The molecule has 1 aliphatic rings. The zero-order valence-corrected chi connectivity index (χ0v) is 15.1. The van der Waals surface area contributed by atoms with E-state index in [0.717, 1.165) is 16.6 Å². The molecule has 0 saturated carbocycles. The number of phenols is 1. The number of ether oxygens (including phenoxy) is 1. The molecule has 2 N–H and O–H groups in total. The van der Waals surface area contributed by atoms with Gasteiger partial charge in [-0.3, -0.25) is 0 Å². The predicted octanol–water partition coefficient (Wildman–Crippen LogP) is 3.63. The highest BCUT2D eigenvalue weighted by atomic mass is 127. The molecule has 0 saturated heterocycles. The van der Waals surface area contributed by atoms with Crippen molar-refractivity contribution < 1.29 is 19.5 Å². The van der Waals surface area contributed by atoms with Crippen LogP contribution in [-0.4, -0.2) is 24.4 Å². The van der Waals surface area contributed by atoms with Crippen LogP contribution in [0.2, 0.25) is 0 Å². The summed E-state index contributed by atoms with van der Waals surface area (Å²) < 4.78 is 11.6. The Hall–Kier alpha value is -0.985. The molecule has 0 aliphatic carbocycles. The second kappa shape index (κ2) is 7.06.